The van der Waals surface area contributed by atoms with Gasteiger partial charge in [0.15, 0.2) is 5.11 Å². The smallest absolute Gasteiger partial charge is 0.295 e. The predicted molar refractivity (Wildman–Crippen MR) is 146 cm³/mol. The molecule has 0 saturated carbocycles. The molecule has 0 unspecified atom stereocenters. The van der Waals surface area contributed by atoms with Crippen LogP contribution in [0.4, 0.5) is 22.7 Å². The Balaban J connectivity index is 1.51. The molecule has 0 aliphatic heterocycles. The highest BCUT2D eigenvalue weighted by Crippen LogP contribution is 2.28. The van der Waals surface area contributed by atoms with Crippen LogP contribution in [0.3, 0.4) is 0 Å². The number of hydrogen-bond acceptors (Lipinski definition) is 3. The number of hydrogen-bond donors (Lipinski definition) is 2. The minimum atomic E-state index is -0.152. The van der Waals surface area contributed by atoms with E-state index in [1.54, 1.807) is 4.68 Å². The van der Waals surface area contributed by atoms with Crippen molar-refractivity contribution in [3.8, 4) is 5.69 Å². The monoisotopic (exact) mass is 471 g/mol. The molecule has 0 atom stereocenters. The zero-order valence-corrected chi connectivity index (χ0v) is 20.6. The first-order valence-corrected chi connectivity index (χ1v) is 11.6. The zero-order valence-electron chi connectivity index (χ0n) is 19.8. The average Bonchev–Trinajstić information content (AvgIpc) is 3.04. The number of para-hydroxylation sites is 2. The van der Waals surface area contributed by atoms with Gasteiger partial charge >= 0.3 is 0 Å². The average molecular weight is 472 g/mol. The fourth-order valence-electron chi connectivity index (χ4n) is 4.03. The summed E-state index contributed by atoms with van der Waals surface area (Å²) in [5, 5.41) is 6.65. The Labute approximate surface area is 205 Å². The molecule has 4 rings (SSSR count). The van der Waals surface area contributed by atoms with Crippen LogP contribution in [-0.2, 0) is 7.05 Å². The molecule has 0 bridgehead atoms. The third-order valence-corrected chi connectivity index (χ3v) is 5.95. The Hall–Kier alpha value is -3.84. The van der Waals surface area contributed by atoms with E-state index < -0.39 is 0 Å². The third-order valence-electron chi connectivity index (χ3n) is 5.75. The Morgan fingerprint density at radius 2 is 1.41 bits per heavy atom. The van der Waals surface area contributed by atoms with Gasteiger partial charge in [-0.1, -0.05) is 36.4 Å². The highest BCUT2D eigenvalue weighted by Gasteiger charge is 2.17. The van der Waals surface area contributed by atoms with E-state index in [-0.39, 0.29) is 5.56 Å². The topological polar surface area (TPSA) is 54.2 Å². The molecule has 0 radical (unpaired) electrons. The minimum absolute atomic E-state index is 0.152. The van der Waals surface area contributed by atoms with Crippen LogP contribution < -0.4 is 21.1 Å². The SMILES string of the molecule is Cc1c(NC(=S)Nc2ccc(N(c3ccccc3)C(C)C)cc2)c(=O)n(-c2ccccc2)n1C. The maximum atomic E-state index is 13.1. The van der Waals surface area contributed by atoms with Gasteiger partial charge in [0.2, 0.25) is 0 Å². The van der Waals surface area contributed by atoms with E-state index in [9.17, 15) is 4.79 Å². The van der Waals surface area contributed by atoms with Crippen LogP contribution in [0.25, 0.3) is 5.69 Å². The van der Waals surface area contributed by atoms with Crippen molar-refractivity contribution in [2.75, 3.05) is 15.5 Å². The number of nitrogens with one attached hydrogen (secondary N) is 2. The van der Waals surface area contributed by atoms with E-state index in [4.69, 9.17) is 12.2 Å². The second-order valence-corrected chi connectivity index (χ2v) is 8.77. The summed E-state index contributed by atoms with van der Waals surface area (Å²) in [6.45, 7) is 6.23. The molecule has 2 N–H and O–H groups in total. The number of thiocarbonyl (C=S) groups is 1. The number of nitrogens with zero attached hydrogens (tertiary/aromatic N) is 3. The molecule has 0 aliphatic rings. The van der Waals surface area contributed by atoms with Crippen molar-refractivity contribution in [3.63, 3.8) is 0 Å². The lowest BCUT2D eigenvalue weighted by Gasteiger charge is -2.29. The summed E-state index contributed by atoms with van der Waals surface area (Å²) >= 11 is 5.52. The van der Waals surface area contributed by atoms with Crippen LogP contribution >= 0.6 is 12.2 Å². The van der Waals surface area contributed by atoms with Gasteiger partial charge in [-0.25, -0.2) is 4.68 Å². The molecule has 0 amide bonds. The summed E-state index contributed by atoms with van der Waals surface area (Å²) in [5.74, 6) is 0. The van der Waals surface area contributed by atoms with Crippen LogP contribution in [0.5, 0.6) is 0 Å². The quantitative estimate of drug-likeness (QED) is 0.346. The first-order valence-electron chi connectivity index (χ1n) is 11.2. The van der Waals surface area contributed by atoms with E-state index in [1.807, 2.05) is 79.3 Å². The summed E-state index contributed by atoms with van der Waals surface area (Å²) < 4.78 is 3.45. The lowest BCUT2D eigenvalue weighted by molar-refractivity contribution is 0.630. The van der Waals surface area contributed by atoms with Crippen molar-refractivity contribution >= 4 is 40.1 Å². The predicted octanol–water partition coefficient (Wildman–Crippen LogP) is 5.84. The molecule has 0 spiro atoms. The fraction of sp³-hybridized carbons (Fsp3) is 0.185. The molecule has 7 heteroatoms. The molecule has 4 aromatic rings. The van der Waals surface area contributed by atoms with Gasteiger partial charge in [-0.15, -0.1) is 0 Å². The Morgan fingerprint density at radius 1 is 0.853 bits per heavy atom. The second-order valence-electron chi connectivity index (χ2n) is 8.36. The third kappa shape index (κ3) is 4.75. The number of anilines is 4. The van der Waals surface area contributed by atoms with Crippen LogP contribution in [0.2, 0.25) is 0 Å². The lowest BCUT2D eigenvalue weighted by atomic mass is 10.2. The lowest BCUT2D eigenvalue weighted by Crippen LogP contribution is -2.26. The van der Waals surface area contributed by atoms with Crippen molar-refractivity contribution < 1.29 is 0 Å². The van der Waals surface area contributed by atoms with Crippen LogP contribution in [0.1, 0.15) is 19.5 Å². The first kappa shape index (κ1) is 23.3. The van der Waals surface area contributed by atoms with Gasteiger partial charge in [-0.2, -0.15) is 0 Å². The maximum Gasteiger partial charge on any atom is 0.295 e. The summed E-state index contributed by atoms with van der Waals surface area (Å²) in [6.07, 6.45) is 0. The molecule has 1 heterocycles. The second kappa shape index (κ2) is 9.97. The van der Waals surface area contributed by atoms with E-state index >= 15 is 0 Å². The summed E-state index contributed by atoms with van der Waals surface area (Å²) in [7, 11) is 1.86. The Bertz CT molecular complexity index is 1330. The van der Waals surface area contributed by atoms with Crippen molar-refractivity contribution in [1.29, 1.82) is 0 Å². The van der Waals surface area contributed by atoms with E-state index in [0.29, 0.717) is 16.8 Å². The standard InChI is InChI=1S/C27H29N5OS/c1-19(2)31(22-11-7-5-8-12-22)23-17-15-21(16-18-23)28-27(34)29-25-20(3)30(4)32(26(25)33)24-13-9-6-10-14-24/h5-19H,1-4H3,(H2,28,29,34). The van der Waals surface area contributed by atoms with Crippen molar-refractivity contribution in [1.82, 2.24) is 9.36 Å². The van der Waals surface area contributed by atoms with Crippen LogP contribution in [0.15, 0.2) is 89.7 Å². The minimum Gasteiger partial charge on any atom is -0.339 e. The first-order chi connectivity index (χ1) is 16.4. The normalized spacial score (nSPS) is 10.9. The molecule has 1 aromatic heterocycles. The molecule has 3 aromatic carbocycles. The molecule has 0 saturated heterocycles. The molecule has 0 aliphatic carbocycles. The van der Waals surface area contributed by atoms with Gasteiger partial charge in [0.1, 0.15) is 5.69 Å². The van der Waals surface area contributed by atoms with E-state index in [0.717, 1.165) is 28.4 Å². The van der Waals surface area contributed by atoms with Crippen molar-refractivity contribution in [3.05, 3.63) is 101 Å². The molecular weight excluding hydrogens is 442 g/mol. The van der Waals surface area contributed by atoms with Crippen molar-refractivity contribution in [2.45, 2.75) is 26.8 Å². The molecule has 174 valence electrons. The van der Waals surface area contributed by atoms with Gasteiger partial charge in [-0.05, 0) is 81.5 Å². The zero-order chi connectivity index (χ0) is 24.2. The van der Waals surface area contributed by atoms with E-state index in [1.165, 1.54) is 0 Å². The van der Waals surface area contributed by atoms with Crippen LogP contribution in [-0.4, -0.2) is 20.5 Å². The largest absolute Gasteiger partial charge is 0.339 e. The van der Waals surface area contributed by atoms with Gasteiger partial charge < -0.3 is 15.5 Å². The Morgan fingerprint density at radius 3 is 2.00 bits per heavy atom. The number of aromatic nitrogens is 2. The van der Waals surface area contributed by atoms with E-state index in [2.05, 4.69) is 53.6 Å². The highest BCUT2D eigenvalue weighted by atomic mass is 32.1. The van der Waals surface area contributed by atoms with Crippen LogP contribution in [0, 0.1) is 6.92 Å². The molecule has 6 nitrogen and oxygen atoms in total. The highest BCUT2D eigenvalue weighted by molar-refractivity contribution is 7.80. The number of benzene rings is 3. The molecular formula is C27H29N5OS. The van der Waals surface area contributed by atoms with Gasteiger partial charge in [-0.3, -0.25) is 9.48 Å². The maximum absolute atomic E-state index is 13.1. The van der Waals surface area contributed by atoms with Gasteiger partial charge in [0.05, 0.1) is 11.4 Å². The summed E-state index contributed by atoms with van der Waals surface area (Å²) in [5.41, 5.74) is 4.98. The number of rotatable bonds is 6. The molecule has 34 heavy (non-hydrogen) atoms. The Kier molecular flexibility index (Phi) is 6.84. The molecule has 0 fully saturated rings. The van der Waals surface area contributed by atoms with Gasteiger partial charge in [0.25, 0.3) is 5.56 Å². The van der Waals surface area contributed by atoms with Crippen molar-refractivity contribution in [2.24, 2.45) is 7.05 Å². The summed E-state index contributed by atoms with van der Waals surface area (Å²) in [6, 6.07) is 28.3. The fourth-order valence-corrected chi connectivity index (χ4v) is 4.25. The van der Waals surface area contributed by atoms with Gasteiger partial charge in [0, 0.05) is 30.2 Å². The summed E-state index contributed by atoms with van der Waals surface area (Å²) in [4.78, 5) is 15.4.